The molecule has 0 fully saturated rings. The molecular formula is C12H27N7O6. The summed E-state index contributed by atoms with van der Waals surface area (Å²) in [6, 6.07) is -1.94. The third-order valence-corrected chi connectivity index (χ3v) is 2.83. The highest BCUT2D eigenvalue weighted by Gasteiger charge is 2.21. The molecule has 2 atom stereocenters. The molecule has 11 N–H and O–H groups in total. The number of carboxylic acids is 2. The van der Waals surface area contributed by atoms with Crippen molar-refractivity contribution in [3.63, 3.8) is 0 Å². The van der Waals surface area contributed by atoms with Gasteiger partial charge in [0, 0.05) is 6.54 Å². The summed E-state index contributed by atoms with van der Waals surface area (Å²) in [5, 5.41) is 35.3. The van der Waals surface area contributed by atoms with Crippen molar-refractivity contribution in [2.45, 2.75) is 44.2 Å². The molecule has 0 bridgehead atoms. The fourth-order valence-corrected chi connectivity index (χ4v) is 1.53. The third-order valence-electron chi connectivity index (χ3n) is 2.83. The maximum Gasteiger partial charge on any atom is 0.332 e. The predicted molar refractivity (Wildman–Crippen MR) is 89.2 cm³/mol. The van der Waals surface area contributed by atoms with Crippen LogP contribution in [-0.2, 0) is 9.59 Å². The Morgan fingerprint density at radius 3 is 2.16 bits per heavy atom. The number of hydrazine groups is 1. The second kappa shape index (κ2) is 14.9. The normalized spacial score (nSPS) is 12.1. The standard InChI is InChI=1S/C6H13N5O4.C6H14N2O2/c7-6(8)9-3-1-2-4(5(12)13)10-11(14)15;7-4-2-1-3-5(8)6(9)10/h4,10H,1-3H2,(H,12,13)(H4,7,8,9);5H,1-4,7-8H2,(H,9,10)/t4-;5-/m00/s1. The molecule has 0 saturated carbocycles. The molecule has 0 aliphatic rings. The van der Waals surface area contributed by atoms with Crippen molar-refractivity contribution >= 4 is 17.9 Å². The highest BCUT2D eigenvalue weighted by Crippen LogP contribution is 1.97. The number of carbonyl (C=O) groups is 2. The van der Waals surface area contributed by atoms with E-state index >= 15 is 0 Å². The zero-order valence-electron chi connectivity index (χ0n) is 13.8. The van der Waals surface area contributed by atoms with Crippen molar-refractivity contribution in [3.05, 3.63) is 10.1 Å². The Hall–Kier alpha value is -2.67. The van der Waals surface area contributed by atoms with E-state index in [0.717, 1.165) is 12.8 Å². The average Bonchev–Trinajstić information content (AvgIpc) is 2.50. The van der Waals surface area contributed by atoms with E-state index in [1.165, 1.54) is 0 Å². The minimum absolute atomic E-state index is 0.0800. The zero-order chi connectivity index (χ0) is 19.8. The van der Waals surface area contributed by atoms with Gasteiger partial charge in [-0.2, -0.15) is 0 Å². The third kappa shape index (κ3) is 17.5. The lowest BCUT2D eigenvalue weighted by Crippen LogP contribution is -2.41. The molecule has 146 valence electrons. The van der Waals surface area contributed by atoms with E-state index < -0.39 is 29.1 Å². The number of unbranched alkanes of at least 4 members (excludes halogenated alkanes) is 1. The molecule has 0 unspecified atom stereocenters. The van der Waals surface area contributed by atoms with Crippen molar-refractivity contribution in [1.82, 2.24) is 10.7 Å². The number of nitrogens with two attached hydrogens (primary N) is 3. The lowest BCUT2D eigenvalue weighted by molar-refractivity contribution is -0.549. The topological polar surface area (TPSA) is 244 Å². The summed E-state index contributed by atoms with van der Waals surface area (Å²) in [5.74, 6) is -2.43. The number of nitrogens with zero attached hydrogens (tertiary/aromatic N) is 1. The summed E-state index contributed by atoms with van der Waals surface area (Å²) in [5.41, 5.74) is 17.1. The minimum Gasteiger partial charge on any atom is -0.480 e. The zero-order valence-corrected chi connectivity index (χ0v) is 13.8. The molecule has 0 amide bonds. The number of rotatable bonds is 12. The van der Waals surface area contributed by atoms with Gasteiger partial charge in [0.25, 0.3) is 0 Å². The summed E-state index contributed by atoms with van der Waals surface area (Å²) >= 11 is 0. The van der Waals surface area contributed by atoms with E-state index in [2.05, 4.69) is 5.32 Å². The molecule has 0 aliphatic carbocycles. The van der Waals surface area contributed by atoms with Gasteiger partial charge in [-0.05, 0) is 32.2 Å². The maximum atomic E-state index is 10.5. The Bertz CT molecular complexity index is 434. The molecular weight excluding hydrogens is 338 g/mol. The average molecular weight is 365 g/mol. The van der Waals surface area contributed by atoms with Crippen LogP contribution in [0.1, 0.15) is 32.1 Å². The van der Waals surface area contributed by atoms with Crippen LogP contribution in [0.2, 0.25) is 0 Å². The number of nitrogens with one attached hydrogen (secondary N) is 3. The molecule has 0 aliphatic heterocycles. The molecule has 0 rings (SSSR count). The van der Waals surface area contributed by atoms with Crippen LogP contribution in [0.25, 0.3) is 0 Å². The van der Waals surface area contributed by atoms with Crippen LogP contribution in [0, 0.1) is 15.5 Å². The summed E-state index contributed by atoms with van der Waals surface area (Å²) in [6.45, 7) is 0.908. The second-order valence-electron chi connectivity index (χ2n) is 4.99. The fraction of sp³-hybridized carbons (Fsp3) is 0.750. The van der Waals surface area contributed by atoms with Crippen molar-refractivity contribution in [3.8, 4) is 0 Å². The maximum absolute atomic E-state index is 10.5. The molecule has 0 aromatic carbocycles. The van der Waals surface area contributed by atoms with Gasteiger partial charge in [0.15, 0.2) is 17.0 Å². The van der Waals surface area contributed by atoms with Gasteiger partial charge < -0.3 is 32.7 Å². The van der Waals surface area contributed by atoms with E-state index in [9.17, 15) is 19.7 Å². The van der Waals surface area contributed by atoms with E-state index in [1.54, 1.807) is 5.43 Å². The van der Waals surface area contributed by atoms with E-state index in [1.807, 2.05) is 0 Å². The molecule has 13 heteroatoms. The first-order valence-corrected chi connectivity index (χ1v) is 7.51. The quantitative estimate of drug-likeness (QED) is 0.0618. The smallest absolute Gasteiger partial charge is 0.332 e. The SMILES string of the molecule is N=C(N)NCCC[C@H](N[N+](=O)[O-])C(=O)O.NCCCC[C@H](N)C(=O)O. The van der Waals surface area contributed by atoms with Gasteiger partial charge in [-0.15, -0.1) is 5.43 Å². The highest BCUT2D eigenvalue weighted by atomic mass is 16.7. The van der Waals surface area contributed by atoms with Gasteiger partial charge in [-0.1, -0.05) is 6.42 Å². The van der Waals surface area contributed by atoms with E-state index in [-0.39, 0.29) is 12.4 Å². The fourth-order valence-electron chi connectivity index (χ4n) is 1.53. The van der Waals surface area contributed by atoms with Crippen molar-refractivity contribution in [1.29, 1.82) is 5.41 Å². The van der Waals surface area contributed by atoms with Gasteiger partial charge in [0.1, 0.15) is 6.04 Å². The Labute approximate surface area is 144 Å². The summed E-state index contributed by atoms with van der Waals surface area (Å²) in [6.07, 6.45) is 2.60. The first-order chi connectivity index (χ1) is 11.6. The molecule has 0 aromatic rings. The largest absolute Gasteiger partial charge is 0.480 e. The molecule has 0 spiro atoms. The lowest BCUT2D eigenvalue weighted by atomic mass is 10.1. The van der Waals surface area contributed by atoms with Gasteiger partial charge in [0.2, 0.25) is 0 Å². The van der Waals surface area contributed by atoms with Crippen LogP contribution >= 0.6 is 0 Å². The van der Waals surface area contributed by atoms with Crippen LogP contribution in [0.4, 0.5) is 0 Å². The first kappa shape index (κ1) is 24.6. The molecule has 0 aromatic heterocycles. The Kier molecular flexibility index (Phi) is 14.6. The molecule has 0 saturated heterocycles. The van der Waals surface area contributed by atoms with E-state index in [4.69, 9.17) is 32.8 Å². The van der Waals surface area contributed by atoms with Crippen LogP contribution in [0.5, 0.6) is 0 Å². The molecule has 0 radical (unpaired) electrons. The highest BCUT2D eigenvalue weighted by molar-refractivity contribution is 5.74. The monoisotopic (exact) mass is 365 g/mol. The van der Waals surface area contributed by atoms with Gasteiger partial charge in [0.05, 0.1) is 0 Å². The van der Waals surface area contributed by atoms with Crippen molar-refractivity contribution < 1.29 is 24.8 Å². The number of carboxylic acid groups (broad SMARTS) is 2. The van der Waals surface area contributed by atoms with Gasteiger partial charge in [-0.3, -0.25) is 10.2 Å². The minimum atomic E-state index is -1.28. The predicted octanol–water partition coefficient (Wildman–Crippen LogP) is -1.99. The van der Waals surface area contributed by atoms with E-state index in [0.29, 0.717) is 25.9 Å². The number of guanidine groups is 1. The van der Waals surface area contributed by atoms with Crippen LogP contribution in [-0.4, -0.2) is 58.3 Å². The van der Waals surface area contributed by atoms with Crippen molar-refractivity contribution in [2.24, 2.45) is 17.2 Å². The Balaban J connectivity index is 0. The molecule has 0 heterocycles. The van der Waals surface area contributed by atoms with Gasteiger partial charge >= 0.3 is 11.9 Å². The number of aliphatic carboxylic acids is 2. The molecule has 13 nitrogen and oxygen atoms in total. The first-order valence-electron chi connectivity index (χ1n) is 7.51. The number of hydrogen-bond donors (Lipinski definition) is 8. The van der Waals surface area contributed by atoms with Crippen LogP contribution in [0.15, 0.2) is 0 Å². The lowest BCUT2D eigenvalue weighted by Gasteiger charge is -2.09. The number of hydrogen-bond acceptors (Lipinski definition) is 7. The summed E-state index contributed by atoms with van der Waals surface area (Å²) in [7, 11) is 0. The van der Waals surface area contributed by atoms with Crippen molar-refractivity contribution in [2.75, 3.05) is 13.1 Å². The summed E-state index contributed by atoms with van der Waals surface area (Å²) in [4.78, 5) is 30.7. The summed E-state index contributed by atoms with van der Waals surface area (Å²) < 4.78 is 0. The number of nitro groups is 1. The van der Waals surface area contributed by atoms with Crippen LogP contribution in [0.3, 0.4) is 0 Å². The molecule has 25 heavy (non-hydrogen) atoms. The Morgan fingerprint density at radius 1 is 1.16 bits per heavy atom. The van der Waals surface area contributed by atoms with Gasteiger partial charge in [-0.25, -0.2) is 14.9 Å². The Morgan fingerprint density at radius 2 is 1.76 bits per heavy atom. The van der Waals surface area contributed by atoms with Crippen LogP contribution < -0.4 is 27.9 Å². The second-order valence-corrected chi connectivity index (χ2v) is 4.99.